The number of esters is 1. The minimum absolute atomic E-state index is 0.0522. The molecule has 0 aliphatic rings. The summed E-state index contributed by atoms with van der Waals surface area (Å²) < 4.78 is 4.74. The minimum atomic E-state index is -0.983. The van der Waals surface area contributed by atoms with Crippen LogP contribution in [0.2, 0.25) is 0 Å². The van der Waals surface area contributed by atoms with Crippen molar-refractivity contribution in [2.24, 2.45) is 0 Å². The van der Waals surface area contributed by atoms with Gasteiger partial charge in [-0.2, -0.15) is 0 Å². The number of allylic oxidation sites excluding steroid dienone is 1. The Balaban J connectivity index is 3.30. The standard InChI is InChI=1S/C9H14O4/c1-2-3-4-7-13-9(12)6-5-8(10)11/h2H,1,3-7H2,(H,10,11). The van der Waals surface area contributed by atoms with E-state index in [0.717, 1.165) is 12.8 Å². The fraction of sp³-hybridized carbons (Fsp3) is 0.556. The molecule has 4 nitrogen and oxygen atoms in total. The second-order valence-electron chi connectivity index (χ2n) is 2.55. The number of carboxylic acids is 1. The van der Waals surface area contributed by atoms with Crippen molar-refractivity contribution in [3.8, 4) is 0 Å². The van der Waals surface area contributed by atoms with Gasteiger partial charge in [-0.15, -0.1) is 6.58 Å². The summed E-state index contributed by atoms with van der Waals surface area (Å²) in [6.45, 7) is 3.86. The molecule has 4 heteroatoms. The summed E-state index contributed by atoms with van der Waals surface area (Å²) >= 11 is 0. The molecule has 0 aromatic carbocycles. The van der Waals surface area contributed by atoms with Gasteiger partial charge in [0.15, 0.2) is 0 Å². The third-order valence-electron chi connectivity index (χ3n) is 1.36. The van der Waals surface area contributed by atoms with Crippen LogP contribution in [0.4, 0.5) is 0 Å². The van der Waals surface area contributed by atoms with Crippen LogP contribution >= 0.6 is 0 Å². The molecule has 0 saturated carbocycles. The van der Waals surface area contributed by atoms with Crippen molar-refractivity contribution >= 4 is 11.9 Å². The molecular weight excluding hydrogens is 172 g/mol. The van der Waals surface area contributed by atoms with Gasteiger partial charge in [-0.1, -0.05) is 6.08 Å². The van der Waals surface area contributed by atoms with Crippen LogP contribution in [0.1, 0.15) is 25.7 Å². The van der Waals surface area contributed by atoms with E-state index < -0.39 is 11.9 Å². The van der Waals surface area contributed by atoms with E-state index in [2.05, 4.69) is 6.58 Å². The fourth-order valence-corrected chi connectivity index (χ4v) is 0.695. The Hall–Kier alpha value is -1.32. The molecule has 74 valence electrons. The number of aliphatic carboxylic acids is 1. The largest absolute Gasteiger partial charge is 0.481 e. The molecule has 0 fully saturated rings. The molecule has 13 heavy (non-hydrogen) atoms. The van der Waals surface area contributed by atoms with Crippen LogP contribution in [0, 0.1) is 0 Å². The lowest BCUT2D eigenvalue weighted by Crippen LogP contribution is -2.08. The van der Waals surface area contributed by atoms with E-state index in [0.29, 0.717) is 6.61 Å². The lowest BCUT2D eigenvalue weighted by molar-refractivity contribution is -0.147. The lowest BCUT2D eigenvalue weighted by atomic mass is 10.3. The smallest absolute Gasteiger partial charge is 0.306 e. The normalized spacial score (nSPS) is 9.23. The molecule has 0 aromatic heterocycles. The Morgan fingerprint density at radius 2 is 2.08 bits per heavy atom. The zero-order chi connectivity index (χ0) is 10.1. The van der Waals surface area contributed by atoms with Crippen LogP contribution in [-0.4, -0.2) is 23.7 Å². The maximum atomic E-state index is 10.8. The summed E-state index contributed by atoms with van der Waals surface area (Å²) in [6.07, 6.45) is 3.06. The zero-order valence-electron chi connectivity index (χ0n) is 7.49. The maximum Gasteiger partial charge on any atom is 0.306 e. The molecule has 0 radical (unpaired) electrons. The molecule has 0 amide bonds. The number of carbonyl (C=O) groups is 2. The summed E-state index contributed by atoms with van der Waals surface area (Å²) in [7, 11) is 0. The van der Waals surface area contributed by atoms with Gasteiger partial charge in [0, 0.05) is 0 Å². The van der Waals surface area contributed by atoms with E-state index >= 15 is 0 Å². The van der Waals surface area contributed by atoms with E-state index in [-0.39, 0.29) is 12.8 Å². The van der Waals surface area contributed by atoms with Crippen molar-refractivity contribution in [2.45, 2.75) is 25.7 Å². The molecule has 0 aliphatic carbocycles. The first-order chi connectivity index (χ1) is 6.16. The number of rotatable bonds is 7. The SMILES string of the molecule is C=CCCCOC(=O)CCC(=O)O. The third kappa shape index (κ3) is 8.59. The van der Waals surface area contributed by atoms with Crippen molar-refractivity contribution < 1.29 is 19.4 Å². The van der Waals surface area contributed by atoms with Crippen molar-refractivity contribution in [2.75, 3.05) is 6.61 Å². The number of carbonyl (C=O) groups excluding carboxylic acids is 1. The summed E-state index contributed by atoms with van der Waals surface area (Å²) in [5, 5.41) is 8.25. The fourth-order valence-electron chi connectivity index (χ4n) is 0.695. The van der Waals surface area contributed by atoms with Gasteiger partial charge in [0.25, 0.3) is 0 Å². The molecule has 0 unspecified atom stereocenters. The highest BCUT2D eigenvalue weighted by Crippen LogP contribution is 1.96. The van der Waals surface area contributed by atoms with Crippen molar-refractivity contribution in [3.63, 3.8) is 0 Å². The van der Waals surface area contributed by atoms with Crippen molar-refractivity contribution in [1.29, 1.82) is 0 Å². The first-order valence-electron chi connectivity index (χ1n) is 4.15. The van der Waals surface area contributed by atoms with Gasteiger partial charge in [0.1, 0.15) is 0 Å². The number of ether oxygens (including phenoxy) is 1. The second-order valence-corrected chi connectivity index (χ2v) is 2.55. The Kier molecular flexibility index (Phi) is 6.59. The first kappa shape index (κ1) is 11.7. The van der Waals surface area contributed by atoms with E-state index in [4.69, 9.17) is 9.84 Å². The zero-order valence-corrected chi connectivity index (χ0v) is 7.49. The molecule has 0 spiro atoms. The summed E-state index contributed by atoms with van der Waals surface area (Å²) in [4.78, 5) is 20.9. The molecular formula is C9H14O4. The molecule has 0 aliphatic heterocycles. The van der Waals surface area contributed by atoms with E-state index in [1.54, 1.807) is 6.08 Å². The molecule has 0 heterocycles. The Morgan fingerprint density at radius 1 is 1.38 bits per heavy atom. The quantitative estimate of drug-likeness (QED) is 0.370. The molecule has 0 atom stereocenters. The van der Waals surface area contributed by atoms with E-state index in [1.807, 2.05) is 0 Å². The average molecular weight is 186 g/mol. The van der Waals surface area contributed by atoms with E-state index in [9.17, 15) is 9.59 Å². The number of hydrogen-bond donors (Lipinski definition) is 1. The topological polar surface area (TPSA) is 63.6 Å². The number of carboxylic acid groups (broad SMARTS) is 1. The Labute approximate surface area is 77.2 Å². The van der Waals surface area contributed by atoms with Crippen LogP contribution in [0.25, 0.3) is 0 Å². The molecule has 1 N–H and O–H groups in total. The average Bonchev–Trinajstić information content (AvgIpc) is 2.09. The van der Waals surface area contributed by atoms with Crippen LogP contribution in [0.15, 0.2) is 12.7 Å². The maximum absolute atomic E-state index is 10.8. The Morgan fingerprint density at radius 3 is 2.62 bits per heavy atom. The summed E-state index contributed by atoms with van der Waals surface area (Å²) in [5.74, 6) is -1.44. The number of unbranched alkanes of at least 4 members (excludes halogenated alkanes) is 1. The van der Waals surface area contributed by atoms with Crippen molar-refractivity contribution in [1.82, 2.24) is 0 Å². The van der Waals surface area contributed by atoms with E-state index in [1.165, 1.54) is 0 Å². The minimum Gasteiger partial charge on any atom is -0.481 e. The van der Waals surface area contributed by atoms with Crippen LogP contribution < -0.4 is 0 Å². The summed E-state index contributed by atoms with van der Waals surface area (Å²) in [6, 6.07) is 0. The van der Waals surface area contributed by atoms with Crippen LogP contribution in [-0.2, 0) is 14.3 Å². The van der Waals surface area contributed by atoms with Gasteiger partial charge in [-0.3, -0.25) is 9.59 Å². The highest BCUT2D eigenvalue weighted by Gasteiger charge is 2.05. The highest BCUT2D eigenvalue weighted by atomic mass is 16.5. The second kappa shape index (κ2) is 7.34. The van der Waals surface area contributed by atoms with Gasteiger partial charge < -0.3 is 9.84 Å². The molecule has 0 saturated heterocycles. The van der Waals surface area contributed by atoms with Crippen LogP contribution in [0.3, 0.4) is 0 Å². The van der Waals surface area contributed by atoms with Crippen molar-refractivity contribution in [3.05, 3.63) is 12.7 Å². The predicted molar refractivity (Wildman–Crippen MR) is 47.3 cm³/mol. The van der Waals surface area contributed by atoms with Gasteiger partial charge >= 0.3 is 11.9 Å². The number of hydrogen-bond acceptors (Lipinski definition) is 3. The monoisotopic (exact) mass is 186 g/mol. The van der Waals surface area contributed by atoms with Crippen LogP contribution in [0.5, 0.6) is 0 Å². The molecule has 0 aromatic rings. The summed E-state index contributed by atoms with van der Waals surface area (Å²) in [5.41, 5.74) is 0. The third-order valence-corrected chi connectivity index (χ3v) is 1.36. The molecule has 0 bridgehead atoms. The molecule has 0 rings (SSSR count). The van der Waals surface area contributed by atoms with Gasteiger partial charge in [-0.25, -0.2) is 0 Å². The Bertz CT molecular complexity index is 186. The lowest BCUT2D eigenvalue weighted by Gasteiger charge is -2.01. The first-order valence-corrected chi connectivity index (χ1v) is 4.15. The van der Waals surface area contributed by atoms with Gasteiger partial charge in [0.05, 0.1) is 19.4 Å². The van der Waals surface area contributed by atoms with Gasteiger partial charge in [-0.05, 0) is 12.8 Å². The van der Waals surface area contributed by atoms with Gasteiger partial charge in [0.2, 0.25) is 0 Å². The predicted octanol–water partition coefficient (Wildman–Crippen LogP) is 1.36. The highest BCUT2D eigenvalue weighted by molar-refractivity contribution is 5.76.